The number of amides is 1. The Kier molecular flexibility index (Phi) is 7.06. The summed E-state index contributed by atoms with van der Waals surface area (Å²) in [6.45, 7) is 0.688. The predicted octanol–water partition coefficient (Wildman–Crippen LogP) is 2.27. The third kappa shape index (κ3) is 4.80. The van der Waals surface area contributed by atoms with Gasteiger partial charge < -0.3 is 19.1 Å². The molecular weight excluding hydrogens is 432 g/mol. The minimum atomic E-state index is -3.81. The Bertz CT molecular complexity index is 1010. The van der Waals surface area contributed by atoms with Gasteiger partial charge in [-0.05, 0) is 24.3 Å². The SMILES string of the molecule is COc1ccc(OC)c(S(=O)(=O)N2CCN(C(=O)COc3ccccc3Cl)CC2)c1. The lowest BCUT2D eigenvalue weighted by atomic mass is 10.3. The molecule has 1 aliphatic heterocycles. The van der Waals surface area contributed by atoms with Gasteiger partial charge >= 0.3 is 0 Å². The topological polar surface area (TPSA) is 85.4 Å². The van der Waals surface area contributed by atoms with Crippen LogP contribution < -0.4 is 14.2 Å². The maximum atomic E-state index is 13.1. The summed E-state index contributed by atoms with van der Waals surface area (Å²) in [6, 6.07) is 11.5. The molecule has 3 rings (SSSR count). The molecule has 0 aromatic heterocycles. The van der Waals surface area contributed by atoms with Crippen molar-refractivity contribution >= 4 is 27.5 Å². The van der Waals surface area contributed by atoms with Gasteiger partial charge in [0.1, 0.15) is 22.1 Å². The Morgan fingerprint density at radius 3 is 2.33 bits per heavy atom. The molecule has 1 heterocycles. The highest BCUT2D eigenvalue weighted by molar-refractivity contribution is 7.89. The molecule has 1 saturated heterocycles. The van der Waals surface area contributed by atoms with Gasteiger partial charge in [-0.15, -0.1) is 0 Å². The number of piperazine rings is 1. The normalized spacial score (nSPS) is 15.0. The lowest BCUT2D eigenvalue weighted by Gasteiger charge is -2.34. The predicted molar refractivity (Wildman–Crippen MR) is 112 cm³/mol. The maximum Gasteiger partial charge on any atom is 0.260 e. The highest BCUT2D eigenvalue weighted by atomic mass is 35.5. The van der Waals surface area contributed by atoms with E-state index in [0.29, 0.717) is 16.5 Å². The van der Waals surface area contributed by atoms with E-state index in [1.165, 1.54) is 24.6 Å². The van der Waals surface area contributed by atoms with Crippen LogP contribution in [0.25, 0.3) is 0 Å². The summed E-state index contributed by atoms with van der Waals surface area (Å²) in [5, 5.41) is 0.424. The summed E-state index contributed by atoms with van der Waals surface area (Å²) in [5.74, 6) is 0.854. The molecule has 0 bridgehead atoms. The molecule has 0 aliphatic carbocycles. The van der Waals surface area contributed by atoms with Crippen LogP contribution in [-0.2, 0) is 14.8 Å². The van der Waals surface area contributed by atoms with E-state index in [9.17, 15) is 13.2 Å². The number of methoxy groups -OCH3 is 2. The fourth-order valence-corrected chi connectivity index (χ4v) is 4.88. The van der Waals surface area contributed by atoms with Crippen LogP contribution in [0, 0.1) is 0 Å². The summed E-state index contributed by atoms with van der Waals surface area (Å²) in [6.07, 6.45) is 0. The molecule has 1 aliphatic rings. The third-order valence-corrected chi connectivity index (χ3v) is 7.00. The summed E-state index contributed by atoms with van der Waals surface area (Å²) in [4.78, 5) is 14.1. The number of carbonyl (C=O) groups excluding carboxylic acids is 1. The first-order valence-electron chi connectivity index (χ1n) is 9.24. The van der Waals surface area contributed by atoms with E-state index in [4.69, 9.17) is 25.8 Å². The Hall–Kier alpha value is -2.49. The van der Waals surface area contributed by atoms with Gasteiger partial charge in [0.25, 0.3) is 5.91 Å². The quantitative estimate of drug-likeness (QED) is 0.638. The van der Waals surface area contributed by atoms with Crippen LogP contribution >= 0.6 is 11.6 Å². The number of ether oxygens (including phenoxy) is 3. The molecule has 1 amide bonds. The molecule has 0 unspecified atom stereocenters. The highest BCUT2D eigenvalue weighted by Gasteiger charge is 2.32. The summed E-state index contributed by atoms with van der Waals surface area (Å²) >= 11 is 6.02. The van der Waals surface area contributed by atoms with Gasteiger partial charge in [-0.25, -0.2) is 8.42 Å². The lowest BCUT2D eigenvalue weighted by molar-refractivity contribution is -0.134. The van der Waals surface area contributed by atoms with Gasteiger partial charge in [0.05, 0.1) is 19.2 Å². The molecule has 0 saturated carbocycles. The van der Waals surface area contributed by atoms with Crippen LogP contribution in [0.15, 0.2) is 47.4 Å². The molecule has 10 heteroatoms. The summed E-state index contributed by atoms with van der Waals surface area (Å²) in [7, 11) is -0.927. The van der Waals surface area contributed by atoms with Gasteiger partial charge in [0.2, 0.25) is 10.0 Å². The van der Waals surface area contributed by atoms with Crippen molar-refractivity contribution in [2.45, 2.75) is 4.90 Å². The number of sulfonamides is 1. The van der Waals surface area contributed by atoms with Crippen LogP contribution in [0.2, 0.25) is 5.02 Å². The molecule has 0 atom stereocenters. The first-order chi connectivity index (χ1) is 14.4. The van der Waals surface area contributed by atoms with Gasteiger partial charge in [-0.3, -0.25) is 4.79 Å². The van der Waals surface area contributed by atoms with E-state index in [1.807, 2.05) is 0 Å². The van der Waals surface area contributed by atoms with Crippen LogP contribution in [0.3, 0.4) is 0 Å². The van der Waals surface area contributed by atoms with E-state index < -0.39 is 10.0 Å². The average Bonchev–Trinajstić information content (AvgIpc) is 2.78. The Morgan fingerprint density at radius 1 is 1.00 bits per heavy atom. The van der Waals surface area contributed by atoms with Crippen molar-refractivity contribution in [2.24, 2.45) is 0 Å². The smallest absolute Gasteiger partial charge is 0.260 e. The number of rotatable bonds is 7. The second kappa shape index (κ2) is 9.55. The minimum Gasteiger partial charge on any atom is -0.497 e. The first kappa shape index (κ1) is 22.2. The van der Waals surface area contributed by atoms with Crippen LogP contribution in [0.1, 0.15) is 0 Å². The number of nitrogens with zero attached hydrogens (tertiary/aromatic N) is 2. The summed E-state index contributed by atoms with van der Waals surface area (Å²) < 4.78 is 43.4. The molecule has 1 fully saturated rings. The molecule has 162 valence electrons. The highest BCUT2D eigenvalue weighted by Crippen LogP contribution is 2.31. The van der Waals surface area contributed by atoms with Gasteiger partial charge in [0.15, 0.2) is 6.61 Å². The molecule has 8 nitrogen and oxygen atoms in total. The van der Waals surface area contributed by atoms with E-state index in [2.05, 4.69) is 0 Å². The second-order valence-corrected chi connectivity index (χ2v) is 8.83. The van der Waals surface area contributed by atoms with Gasteiger partial charge in [-0.2, -0.15) is 4.31 Å². The van der Waals surface area contributed by atoms with Crippen molar-refractivity contribution in [3.05, 3.63) is 47.5 Å². The molecular formula is C20H23ClN2O6S. The Labute approximate surface area is 180 Å². The van der Waals surface area contributed by atoms with E-state index >= 15 is 0 Å². The zero-order valence-electron chi connectivity index (χ0n) is 16.7. The first-order valence-corrected chi connectivity index (χ1v) is 11.1. The van der Waals surface area contributed by atoms with Gasteiger partial charge in [0, 0.05) is 32.2 Å². The fraction of sp³-hybridized carbons (Fsp3) is 0.350. The van der Waals surface area contributed by atoms with Crippen molar-refractivity contribution in [3.8, 4) is 17.2 Å². The van der Waals surface area contributed by atoms with E-state index in [-0.39, 0.29) is 49.3 Å². The van der Waals surface area contributed by atoms with Crippen LogP contribution in [-0.4, -0.2) is 70.5 Å². The molecule has 0 radical (unpaired) electrons. The number of hydrogen-bond acceptors (Lipinski definition) is 6. The van der Waals surface area contributed by atoms with Crippen molar-refractivity contribution in [1.82, 2.24) is 9.21 Å². The standard InChI is InChI=1S/C20H23ClN2O6S/c1-27-15-7-8-18(28-2)19(13-15)30(25,26)23-11-9-22(10-12-23)20(24)14-29-17-6-4-3-5-16(17)21/h3-8,13H,9-12,14H2,1-2H3. The number of carbonyl (C=O) groups is 1. The number of benzene rings is 2. The fourth-order valence-electron chi connectivity index (χ4n) is 3.10. The maximum absolute atomic E-state index is 13.1. The zero-order valence-corrected chi connectivity index (χ0v) is 18.3. The van der Waals surface area contributed by atoms with Crippen molar-refractivity contribution in [1.29, 1.82) is 0 Å². The van der Waals surface area contributed by atoms with E-state index in [0.717, 1.165) is 0 Å². The number of para-hydroxylation sites is 1. The molecule has 0 N–H and O–H groups in total. The molecule has 30 heavy (non-hydrogen) atoms. The summed E-state index contributed by atoms with van der Waals surface area (Å²) in [5.41, 5.74) is 0. The average molecular weight is 455 g/mol. The van der Waals surface area contributed by atoms with Crippen LogP contribution in [0.4, 0.5) is 0 Å². The Morgan fingerprint density at radius 2 is 1.70 bits per heavy atom. The molecule has 2 aromatic rings. The van der Waals surface area contributed by atoms with Crippen molar-refractivity contribution < 1.29 is 27.4 Å². The lowest BCUT2D eigenvalue weighted by Crippen LogP contribution is -2.51. The van der Waals surface area contributed by atoms with Gasteiger partial charge in [-0.1, -0.05) is 23.7 Å². The van der Waals surface area contributed by atoms with E-state index in [1.54, 1.807) is 41.3 Å². The minimum absolute atomic E-state index is 0.0335. The van der Waals surface area contributed by atoms with Crippen molar-refractivity contribution in [2.75, 3.05) is 47.0 Å². The monoisotopic (exact) mass is 454 g/mol. The largest absolute Gasteiger partial charge is 0.497 e. The van der Waals surface area contributed by atoms with Crippen LogP contribution in [0.5, 0.6) is 17.2 Å². The zero-order chi connectivity index (χ0) is 21.7. The second-order valence-electron chi connectivity index (χ2n) is 6.52. The molecule has 2 aromatic carbocycles. The van der Waals surface area contributed by atoms with Crippen molar-refractivity contribution in [3.63, 3.8) is 0 Å². The molecule has 0 spiro atoms. The number of hydrogen-bond donors (Lipinski definition) is 0. The Balaban J connectivity index is 1.63. The third-order valence-electron chi connectivity index (χ3n) is 4.77. The number of halogens is 1.